The van der Waals surface area contributed by atoms with Gasteiger partial charge in [-0.3, -0.25) is 4.79 Å². The van der Waals surface area contributed by atoms with Crippen LogP contribution in [0.15, 0.2) is 23.4 Å². The molecule has 0 spiro atoms. The van der Waals surface area contributed by atoms with E-state index < -0.39 is 0 Å². The fourth-order valence-electron chi connectivity index (χ4n) is 3.18. The molecule has 3 rings (SSSR count). The molecular weight excluding hydrogens is 308 g/mol. The van der Waals surface area contributed by atoms with E-state index in [1.807, 2.05) is 0 Å². The van der Waals surface area contributed by atoms with Gasteiger partial charge in [-0.1, -0.05) is 0 Å². The van der Waals surface area contributed by atoms with Gasteiger partial charge >= 0.3 is 0 Å². The summed E-state index contributed by atoms with van der Waals surface area (Å²) in [5.41, 5.74) is 2.25. The van der Waals surface area contributed by atoms with Crippen LogP contribution >= 0.6 is 0 Å². The van der Waals surface area contributed by atoms with Crippen molar-refractivity contribution < 1.29 is 9.47 Å². The second-order valence-electron chi connectivity index (χ2n) is 6.19. The second kappa shape index (κ2) is 7.72. The highest BCUT2D eigenvalue weighted by Crippen LogP contribution is 2.26. The first-order chi connectivity index (χ1) is 11.7. The van der Waals surface area contributed by atoms with E-state index >= 15 is 0 Å². The minimum absolute atomic E-state index is 0.0589. The van der Waals surface area contributed by atoms with Crippen molar-refractivity contribution in [1.82, 2.24) is 14.5 Å². The Morgan fingerprint density at radius 2 is 2.08 bits per heavy atom. The van der Waals surface area contributed by atoms with Crippen LogP contribution < -0.4 is 10.9 Å². The van der Waals surface area contributed by atoms with Gasteiger partial charge in [-0.25, -0.2) is 9.97 Å². The highest BCUT2D eigenvalue weighted by atomic mass is 16.5. The SMILES string of the molecule is COCCOC1CCC(Nc2cc(=O)n(C)c3cncnc23)CC1. The molecule has 0 amide bonds. The number of methoxy groups -OCH3 is 1. The molecule has 1 saturated carbocycles. The maximum atomic E-state index is 12.1. The van der Waals surface area contributed by atoms with Crippen molar-refractivity contribution in [3.8, 4) is 0 Å². The third kappa shape index (κ3) is 3.73. The molecule has 24 heavy (non-hydrogen) atoms. The van der Waals surface area contributed by atoms with Gasteiger partial charge in [-0.15, -0.1) is 0 Å². The quantitative estimate of drug-likeness (QED) is 0.812. The standard InChI is InChI=1S/C17H24N4O3/c1-21-15-10-18-11-19-17(15)14(9-16(21)22)20-12-3-5-13(6-4-12)24-8-7-23-2/h9-13,20H,3-8H2,1-2H3. The third-order valence-corrected chi connectivity index (χ3v) is 4.58. The van der Waals surface area contributed by atoms with Crippen molar-refractivity contribution in [2.45, 2.75) is 37.8 Å². The van der Waals surface area contributed by atoms with Gasteiger partial charge in [0, 0.05) is 26.3 Å². The van der Waals surface area contributed by atoms with Crippen molar-refractivity contribution >= 4 is 16.7 Å². The lowest BCUT2D eigenvalue weighted by atomic mass is 9.92. The topological polar surface area (TPSA) is 78.3 Å². The maximum absolute atomic E-state index is 12.1. The lowest BCUT2D eigenvalue weighted by molar-refractivity contribution is -0.00154. The van der Waals surface area contributed by atoms with Crippen LogP contribution in [0.4, 0.5) is 5.69 Å². The van der Waals surface area contributed by atoms with E-state index in [9.17, 15) is 4.79 Å². The minimum Gasteiger partial charge on any atom is -0.382 e. The van der Waals surface area contributed by atoms with E-state index in [-0.39, 0.29) is 5.56 Å². The van der Waals surface area contributed by atoms with E-state index in [2.05, 4.69) is 15.3 Å². The van der Waals surface area contributed by atoms with E-state index in [0.29, 0.717) is 25.4 Å². The number of ether oxygens (including phenoxy) is 2. The molecule has 0 unspecified atom stereocenters. The van der Waals surface area contributed by atoms with Crippen LogP contribution in [0.3, 0.4) is 0 Å². The number of anilines is 1. The minimum atomic E-state index is -0.0589. The summed E-state index contributed by atoms with van der Waals surface area (Å²) in [5.74, 6) is 0. The van der Waals surface area contributed by atoms with Gasteiger partial charge in [0.2, 0.25) is 0 Å². The van der Waals surface area contributed by atoms with E-state index in [0.717, 1.165) is 42.4 Å². The smallest absolute Gasteiger partial charge is 0.252 e. The summed E-state index contributed by atoms with van der Waals surface area (Å²) < 4.78 is 12.4. The van der Waals surface area contributed by atoms with Gasteiger partial charge < -0.3 is 19.4 Å². The van der Waals surface area contributed by atoms with Crippen molar-refractivity contribution in [1.29, 1.82) is 0 Å². The third-order valence-electron chi connectivity index (χ3n) is 4.58. The van der Waals surface area contributed by atoms with E-state index in [4.69, 9.17) is 9.47 Å². The number of pyridine rings is 1. The Labute approximate surface area is 141 Å². The molecule has 2 aromatic heterocycles. The molecule has 1 aliphatic carbocycles. The molecule has 1 fully saturated rings. The first-order valence-electron chi connectivity index (χ1n) is 8.36. The number of hydrogen-bond acceptors (Lipinski definition) is 6. The molecule has 0 aromatic carbocycles. The normalized spacial score (nSPS) is 21.1. The number of hydrogen-bond donors (Lipinski definition) is 1. The number of nitrogens with zero attached hydrogens (tertiary/aromatic N) is 3. The fraction of sp³-hybridized carbons (Fsp3) is 0.588. The zero-order valence-electron chi connectivity index (χ0n) is 14.2. The number of fused-ring (bicyclic) bond motifs is 1. The Balaban J connectivity index is 1.67. The van der Waals surface area contributed by atoms with Crippen LogP contribution in [0.2, 0.25) is 0 Å². The molecule has 130 valence electrons. The number of aromatic nitrogens is 3. The molecule has 0 saturated heterocycles. The molecule has 2 heterocycles. The summed E-state index contributed by atoms with van der Waals surface area (Å²) in [6.45, 7) is 1.28. The maximum Gasteiger partial charge on any atom is 0.252 e. The van der Waals surface area contributed by atoms with Crippen LogP contribution in [0, 0.1) is 0 Å². The average molecular weight is 332 g/mol. The predicted molar refractivity (Wildman–Crippen MR) is 92.3 cm³/mol. The molecular formula is C17H24N4O3. The predicted octanol–water partition coefficient (Wildman–Crippen LogP) is 1.71. The first-order valence-corrected chi connectivity index (χ1v) is 8.36. The van der Waals surface area contributed by atoms with Gasteiger partial charge in [-0.05, 0) is 25.7 Å². The van der Waals surface area contributed by atoms with Gasteiger partial charge in [-0.2, -0.15) is 0 Å². The number of nitrogens with one attached hydrogen (secondary N) is 1. The summed E-state index contributed by atoms with van der Waals surface area (Å²) in [4.78, 5) is 20.5. The number of rotatable bonds is 6. The first kappa shape index (κ1) is 16.9. The Kier molecular flexibility index (Phi) is 5.42. The Bertz CT molecular complexity index is 738. The Morgan fingerprint density at radius 1 is 1.29 bits per heavy atom. The van der Waals surface area contributed by atoms with E-state index in [1.54, 1.807) is 31.0 Å². The zero-order valence-corrected chi connectivity index (χ0v) is 14.2. The second-order valence-corrected chi connectivity index (χ2v) is 6.19. The van der Waals surface area contributed by atoms with E-state index in [1.165, 1.54) is 6.33 Å². The highest BCUT2D eigenvalue weighted by molar-refractivity contribution is 5.86. The Hall–Kier alpha value is -1.99. The monoisotopic (exact) mass is 332 g/mol. The molecule has 0 bridgehead atoms. The molecule has 0 aliphatic heterocycles. The molecule has 2 aromatic rings. The van der Waals surface area contributed by atoms with Crippen LogP contribution in [-0.4, -0.2) is 47.0 Å². The molecule has 0 atom stereocenters. The molecule has 1 N–H and O–H groups in total. The average Bonchev–Trinajstić information content (AvgIpc) is 2.61. The lowest BCUT2D eigenvalue weighted by Crippen LogP contribution is -2.31. The lowest BCUT2D eigenvalue weighted by Gasteiger charge is -2.30. The van der Waals surface area contributed by atoms with Crippen LogP contribution in [0.5, 0.6) is 0 Å². The fourth-order valence-corrected chi connectivity index (χ4v) is 3.18. The Morgan fingerprint density at radius 3 is 2.83 bits per heavy atom. The molecule has 0 radical (unpaired) electrons. The van der Waals surface area contributed by atoms with Crippen LogP contribution in [0.1, 0.15) is 25.7 Å². The van der Waals surface area contributed by atoms with Gasteiger partial charge in [0.1, 0.15) is 11.8 Å². The van der Waals surface area contributed by atoms with Gasteiger partial charge in [0.05, 0.1) is 36.7 Å². The van der Waals surface area contributed by atoms with Gasteiger partial charge in [0.15, 0.2) is 0 Å². The van der Waals surface area contributed by atoms with Crippen molar-refractivity contribution in [2.75, 3.05) is 25.6 Å². The van der Waals surface area contributed by atoms with Crippen molar-refractivity contribution in [2.24, 2.45) is 7.05 Å². The highest BCUT2D eigenvalue weighted by Gasteiger charge is 2.22. The van der Waals surface area contributed by atoms with Crippen molar-refractivity contribution in [3.63, 3.8) is 0 Å². The molecule has 1 aliphatic rings. The summed E-state index contributed by atoms with van der Waals surface area (Å²) in [5, 5.41) is 3.50. The number of aryl methyl sites for hydroxylation is 1. The summed E-state index contributed by atoms with van der Waals surface area (Å²) in [6.07, 6.45) is 7.55. The summed E-state index contributed by atoms with van der Waals surface area (Å²) in [7, 11) is 3.42. The molecule has 7 heteroatoms. The summed E-state index contributed by atoms with van der Waals surface area (Å²) in [6, 6.07) is 1.95. The largest absolute Gasteiger partial charge is 0.382 e. The van der Waals surface area contributed by atoms with Gasteiger partial charge in [0.25, 0.3) is 5.56 Å². The zero-order chi connectivity index (χ0) is 16.9. The van der Waals surface area contributed by atoms with Crippen molar-refractivity contribution in [3.05, 3.63) is 28.9 Å². The molecule has 7 nitrogen and oxygen atoms in total. The van der Waals surface area contributed by atoms with Crippen LogP contribution in [0.25, 0.3) is 11.0 Å². The van der Waals surface area contributed by atoms with Crippen LogP contribution in [-0.2, 0) is 16.5 Å². The summed E-state index contributed by atoms with van der Waals surface area (Å²) >= 11 is 0.